The zero-order valence-electron chi connectivity index (χ0n) is 22.2. The molecule has 1 rings (SSSR count). The largest absolute Gasteiger partial charge is 0.505 e. The molecule has 0 saturated carbocycles. The third kappa shape index (κ3) is 13.6. The van der Waals surface area contributed by atoms with Crippen molar-refractivity contribution in [3.63, 3.8) is 0 Å². The van der Waals surface area contributed by atoms with E-state index in [2.05, 4.69) is 64.4 Å². The van der Waals surface area contributed by atoms with Gasteiger partial charge in [-0.25, -0.2) is 4.39 Å². The molecule has 1 atom stereocenters. The lowest BCUT2D eigenvalue weighted by molar-refractivity contribution is -0.105. The molecule has 0 fully saturated rings. The van der Waals surface area contributed by atoms with Gasteiger partial charge in [-0.3, -0.25) is 4.79 Å². The van der Waals surface area contributed by atoms with E-state index in [1.807, 2.05) is 19.9 Å². The molecule has 1 amide bonds. The lowest BCUT2D eigenvalue weighted by Crippen LogP contribution is -2.27. The molecule has 0 aliphatic rings. The van der Waals surface area contributed by atoms with Crippen molar-refractivity contribution < 1.29 is 14.3 Å². The number of aromatic hydroxyl groups is 1. The van der Waals surface area contributed by atoms with E-state index < -0.39 is 11.6 Å². The monoisotopic (exact) mass is 462 g/mol. The fourth-order valence-electron chi connectivity index (χ4n) is 3.15. The van der Waals surface area contributed by atoms with Crippen LogP contribution in [0.4, 0.5) is 10.1 Å². The van der Waals surface area contributed by atoms with E-state index >= 15 is 0 Å². The highest BCUT2D eigenvalue weighted by Gasteiger charge is 2.13. The van der Waals surface area contributed by atoms with Gasteiger partial charge < -0.3 is 15.3 Å². The number of benzene rings is 1. The van der Waals surface area contributed by atoms with Crippen LogP contribution in [0.3, 0.4) is 0 Å². The molecule has 0 bridgehead atoms. The molecule has 5 heteroatoms. The van der Waals surface area contributed by atoms with Gasteiger partial charge in [0.2, 0.25) is 6.41 Å². The van der Waals surface area contributed by atoms with Gasteiger partial charge in [-0.15, -0.1) is 0 Å². The number of amides is 1. The number of allylic oxidation sites excluding steroid dienone is 4. The number of carbonyl (C=O) groups is 1. The number of hydrogen-bond donors (Lipinski definition) is 2. The molecule has 4 nitrogen and oxygen atoms in total. The molecule has 188 valence electrons. The van der Waals surface area contributed by atoms with Crippen LogP contribution in [-0.4, -0.2) is 29.5 Å². The Morgan fingerprint density at radius 2 is 1.88 bits per heavy atom. The summed E-state index contributed by atoms with van der Waals surface area (Å²) in [4.78, 5) is 12.4. The predicted octanol–water partition coefficient (Wildman–Crippen LogP) is 8.08. The van der Waals surface area contributed by atoms with Crippen LogP contribution in [0.5, 0.6) is 5.75 Å². The number of halogens is 1. The average molecular weight is 463 g/mol. The van der Waals surface area contributed by atoms with Crippen molar-refractivity contribution in [3.8, 4) is 5.75 Å². The fourth-order valence-corrected chi connectivity index (χ4v) is 3.15. The first-order valence-electron chi connectivity index (χ1n) is 12.2. The number of nitrogens with one attached hydrogen (secondary N) is 1. The Bertz CT molecular complexity index is 741. The van der Waals surface area contributed by atoms with Crippen molar-refractivity contribution in [2.45, 2.75) is 81.1 Å². The molecular formula is C28H47FN2O2. The molecule has 1 aromatic rings. The maximum atomic E-state index is 12.4. The Hall–Kier alpha value is -2.56. The molecular weight excluding hydrogens is 415 g/mol. The van der Waals surface area contributed by atoms with E-state index in [-0.39, 0.29) is 0 Å². The first kappa shape index (κ1) is 32.6. The fraction of sp³-hybridized carbons (Fsp3) is 0.536. The van der Waals surface area contributed by atoms with E-state index in [4.69, 9.17) is 5.11 Å². The van der Waals surface area contributed by atoms with E-state index in [1.54, 1.807) is 0 Å². The van der Waals surface area contributed by atoms with Gasteiger partial charge >= 0.3 is 0 Å². The van der Waals surface area contributed by atoms with Gasteiger partial charge in [-0.2, -0.15) is 0 Å². The highest BCUT2D eigenvalue weighted by Crippen LogP contribution is 2.22. The average Bonchev–Trinajstić information content (AvgIpc) is 2.83. The van der Waals surface area contributed by atoms with Crippen molar-refractivity contribution in [2.24, 2.45) is 5.92 Å². The summed E-state index contributed by atoms with van der Waals surface area (Å²) in [6.07, 6.45) is 9.72. The Labute approximate surface area is 202 Å². The second kappa shape index (κ2) is 20.1. The molecule has 0 saturated heterocycles. The van der Waals surface area contributed by atoms with E-state index in [0.717, 1.165) is 31.1 Å². The second-order valence-corrected chi connectivity index (χ2v) is 7.78. The smallest absolute Gasteiger partial charge is 0.211 e. The number of phenols is 1. The number of hydrogen-bond acceptors (Lipinski definition) is 3. The highest BCUT2D eigenvalue weighted by atomic mass is 19.1. The van der Waals surface area contributed by atoms with Crippen LogP contribution in [0.1, 0.15) is 81.1 Å². The third-order valence-corrected chi connectivity index (χ3v) is 5.29. The molecule has 0 radical (unpaired) electrons. The topological polar surface area (TPSA) is 52.6 Å². The van der Waals surface area contributed by atoms with Gasteiger partial charge in [0.15, 0.2) is 11.6 Å². The molecule has 0 heterocycles. The molecule has 0 aromatic heterocycles. The van der Waals surface area contributed by atoms with Crippen molar-refractivity contribution in [3.05, 3.63) is 59.6 Å². The molecule has 0 aliphatic heterocycles. The maximum Gasteiger partial charge on any atom is 0.211 e. The lowest BCUT2D eigenvalue weighted by atomic mass is 10.0. The van der Waals surface area contributed by atoms with Crippen LogP contribution in [0, 0.1) is 11.7 Å². The Morgan fingerprint density at radius 1 is 1.24 bits per heavy atom. The normalized spacial score (nSPS) is 12.2. The van der Waals surface area contributed by atoms with Crippen LogP contribution in [-0.2, 0) is 4.79 Å². The Kier molecular flexibility index (Phi) is 19.8. The third-order valence-electron chi connectivity index (χ3n) is 5.29. The minimum atomic E-state index is -0.707. The second-order valence-electron chi connectivity index (χ2n) is 7.78. The molecule has 1 unspecified atom stereocenters. The van der Waals surface area contributed by atoms with Crippen molar-refractivity contribution in [1.82, 2.24) is 4.90 Å². The summed E-state index contributed by atoms with van der Waals surface area (Å²) in [5.74, 6) is -0.340. The predicted molar refractivity (Wildman–Crippen MR) is 142 cm³/mol. The van der Waals surface area contributed by atoms with Crippen LogP contribution in [0.2, 0.25) is 0 Å². The van der Waals surface area contributed by atoms with Crippen molar-refractivity contribution in [1.29, 1.82) is 0 Å². The summed E-state index contributed by atoms with van der Waals surface area (Å²) in [5.41, 5.74) is 4.39. The quantitative estimate of drug-likeness (QED) is 0.244. The maximum absolute atomic E-state index is 12.4. The van der Waals surface area contributed by atoms with Crippen molar-refractivity contribution in [2.75, 3.05) is 18.4 Å². The molecule has 0 aliphatic carbocycles. The number of carbonyl (C=O) groups excluding carboxylic acids is 1. The minimum absolute atomic E-state index is 0.360. The summed E-state index contributed by atoms with van der Waals surface area (Å²) >= 11 is 0. The number of rotatable bonds is 12. The van der Waals surface area contributed by atoms with Gasteiger partial charge in [0.1, 0.15) is 0 Å². The van der Waals surface area contributed by atoms with Gasteiger partial charge in [-0.1, -0.05) is 59.8 Å². The van der Waals surface area contributed by atoms with Crippen LogP contribution < -0.4 is 5.32 Å². The SMILES string of the molecule is C=C/C(C)=C(\C(C)=C/C)N(CCC)CCCC(C)CC.CC.O=CNc1ccc(F)c(O)c1. The number of anilines is 1. The summed E-state index contributed by atoms with van der Waals surface area (Å²) in [7, 11) is 0. The van der Waals surface area contributed by atoms with Crippen LogP contribution >= 0.6 is 0 Å². The minimum Gasteiger partial charge on any atom is -0.505 e. The zero-order chi connectivity index (χ0) is 25.8. The van der Waals surface area contributed by atoms with Gasteiger partial charge in [-0.05, 0) is 69.2 Å². The molecule has 33 heavy (non-hydrogen) atoms. The highest BCUT2D eigenvalue weighted by molar-refractivity contribution is 5.71. The Morgan fingerprint density at radius 3 is 2.33 bits per heavy atom. The Balaban J connectivity index is 0. The summed E-state index contributed by atoms with van der Waals surface area (Å²) in [6.45, 7) is 23.6. The lowest BCUT2D eigenvalue weighted by Gasteiger charge is -2.30. The van der Waals surface area contributed by atoms with E-state index in [1.165, 1.54) is 48.6 Å². The van der Waals surface area contributed by atoms with Crippen LogP contribution in [0.15, 0.2) is 53.8 Å². The van der Waals surface area contributed by atoms with Crippen LogP contribution in [0.25, 0.3) is 0 Å². The van der Waals surface area contributed by atoms with E-state index in [9.17, 15) is 9.18 Å². The first-order valence-corrected chi connectivity index (χ1v) is 12.2. The summed E-state index contributed by atoms with van der Waals surface area (Å²) in [6, 6.07) is 3.55. The standard InChI is InChI=1S/C19H35N.C7H6FNO2.C2H6/c1-8-14-20(15-12-13-16(5)9-2)19(17(6)10-3)18(7)11-4;8-6-2-1-5(9-4-10)3-7(6)11;1-2/h10-11,16H,3,8-9,12-15H2,1-2,4-7H3;1-4,11H,(H,9,10);1-2H3/b18-11-,19-17+;;. The zero-order valence-corrected chi connectivity index (χ0v) is 22.2. The molecule has 0 spiro atoms. The number of phenolic OH excluding ortho intramolecular Hbond substituents is 1. The van der Waals surface area contributed by atoms with E-state index in [0.29, 0.717) is 12.1 Å². The number of nitrogens with zero attached hydrogens (tertiary/aromatic N) is 1. The van der Waals surface area contributed by atoms with Gasteiger partial charge in [0.05, 0.1) is 0 Å². The first-order chi connectivity index (χ1) is 15.7. The van der Waals surface area contributed by atoms with Gasteiger partial charge in [0, 0.05) is 30.5 Å². The summed E-state index contributed by atoms with van der Waals surface area (Å²) in [5, 5.41) is 11.1. The summed E-state index contributed by atoms with van der Waals surface area (Å²) < 4.78 is 12.4. The van der Waals surface area contributed by atoms with Gasteiger partial charge in [0.25, 0.3) is 0 Å². The molecule has 2 N–H and O–H groups in total. The van der Waals surface area contributed by atoms with Crippen molar-refractivity contribution >= 4 is 12.1 Å². The molecule has 1 aromatic carbocycles.